The van der Waals surface area contributed by atoms with Gasteiger partial charge < -0.3 is 0 Å². The lowest BCUT2D eigenvalue weighted by Crippen LogP contribution is -1.94. The molecule has 0 fully saturated rings. The average Bonchev–Trinajstić information content (AvgIpc) is 2.87. The van der Waals surface area contributed by atoms with Gasteiger partial charge in [-0.05, 0) is 59.4 Å². The third-order valence-corrected chi connectivity index (χ3v) is 4.05. The molecule has 0 aromatic heterocycles. The van der Waals surface area contributed by atoms with Gasteiger partial charge in [0.15, 0.2) is 0 Å². The van der Waals surface area contributed by atoms with Gasteiger partial charge in [-0.15, -0.1) is 0 Å². The van der Waals surface area contributed by atoms with Gasteiger partial charge in [0.05, 0.1) is 0 Å². The van der Waals surface area contributed by atoms with Crippen molar-refractivity contribution in [3.05, 3.63) is 59.2 Å². The van der Waals surface area contributed by atoms with E-state index >= 15 is 0 Å². The van der Waals surface area contributed by atoms with Crippen LogP contribution in [-0.2, 0) is 19.3 Å². The average molecular weight is 250 g/mol. The summed E-state index contributed by atoms with van der Waals surface area (Å²) < 4.78 is 0. The molecular formula is C19H22. The number of fused-ring (bicyclic) bond motifs is 1. The Kier molecular flexibility index (Phi) is 3.42. The Balaban J connectivity index is 1.93. The molecule has 1 aliphatic carbocycles. The van der Waals surface area contributed by atoms with Crippen LogP contribution in [0.2, 0.25) is 0 Å². The summed E-state index contributed by atoms with van der Waals surface area (Å²) in [6.07, 6.45) is 5.00. The standard InChI is InChI=1S/C19H22/c1-14(2)13-15-9-11-17(12-10-15)19-8-4-6-16-5-3-7-18(16)19/h4,6,8-12,14H,3,5,7,13H2,1-2H3. The minimum absolute atomic E-state index is 0.729. The molecule has 0 unspecified atom stereocenters. The Morgan fingerprint density at radius 2 is 1.74 bits per heavy atom. The summed E-state index contributed by atoms with van der Waals surface area (Å²) in [5, 5.41) is 0. The molecule has 0 N–H and O–H groups in total. The second kappa shape index (κ2) is 5.21. The fraction of sp³-hybridized carbons (Fsp3) is 0.368. The zero-order valence-corrected chi connectivity index (χ0v) is 11.9. The molecule has 0 saturated carbocycles. The lowest BCUT2D eigenvalue weighted by Gasteiger charge is -2.10. The maximum Gasteiger partial charge on any atom is -0.0149 e. The van der Waals surface area contributed by atoms with Crippen molar-refractivity contribution < 1.29 is 0 Å². The highest BCUT2D eigenvalue weighted by molar-refractivity contribution is 5.69. The van der Waals surface area contributed by atoms with Crippen LogP contribution in [0.1, 0.15) is 37.0 Å². The van der Waals surface area contributed by atoms with Gasteiger partial charge in [0.2, 0.25) is 0 Å². The SMILES string of the molecule is CC(C)Cc1ccc(-c2cccc3c2CCC3)cc1. The number of rotatable bonds is 3. The molecule has 0 bridgehead atoms. The lowest BCUT2D eigenvalue weighted by atomic mass is 9.95. The highest BCUT2D eigenvalue weighted by Gasteiger charge is 2.14. The van der Waals surface area contributed by atoms with Crippen molar-refractivity contribution in [2.75, 3.05) is 0 Å². The number of benzene rings is 2. The maximum atomic E-state index is 2.30. The van der Waals surface area contributed by atoms with Crippen LogP contribution in [-0.4, -0.2) is 0 Å². The third kappa shape index (κ3) is 2.58. The first-order valence-electron chi connectivity index (χ1n) is 7.44. The first kappa shape index (κ1) is 12.5. The summed E-state index contributed by atoms with van der Waals surface area (Å²) in [4.78, 5) is 0. The van der Waals surface area contributed by atoms with E-state index in [1.165, 1.54) is 42.4 Å². The summed E-state index contributed by atoms with van der Waals surface area (Å²) >= 11 is 0. The molecule has 3 rings (SSSR count). The van der Waals surface area contributed by atoms with E-state index in [2.05, 4.69) is 56.3 Å². The van der Waals surface area contributed by atoms with Crippen molar-refractivity contribution in [1.29, 1.82) is 0 Å². The molecule has 2 aromatic carbocycles. The van der Waals surface area contributed by atoms with Crippen LogP contribution in [0.5, 0.6) is 0 Å². The largest absolute Gasteiger partial charge is 0.0625 e. The molecule has 2 aromatic rings. The molecule has 19 heavy (non-hydrogen) atoms. The molecular weight excluding hydrogens is 228 g/mol. The fourth-order valence-electron chi connectivity index (χ4n) is 3.18. The van der Waals surface area contributed by atoms with Gasteiger partial charge in [0.1, 0.15) is 0 Å². The van der Waals surface area contributed by atoms with Crippen LogP contribution in [0.3, 0.4) is 0 Å². The molecule has 0 atom stereocenters. The van der Waals surface area contributed by atoms with Crippen molar-refractivity contribution in [2.45, 2.75) is 39.5 Å². The Morgan fingerprint density at radius 1 is 0.947 bits per heavy atom. The van der Waals surface area contributed by atoms with E-state index in [0.717, 1.165) is 5.92 Å². The zero-order valence-electron chi connectivity index (χ0n) is 11.9. The highest BCUT2D eigenvalue weighted by Crippen LogP contribution is 2.32. The van der Waals surface area contributed by atoms with Crippen LogP contribution in [0.15, 0.2) is 42.5 Å². The first-order chi connectivity index (χ1) is 9.24. The van der Waals surface area contributed by atoms with Gasteiger partial charge in [-0.3, -0.25) is 0 Å². The molecule has 1 aliphatic rings. The molecule has 98 valence electrons. The second-order valence-electron chi connectivity index (χ2n) is 6.09. The number of hydrogen-bond acceptors (Lipinski definition) is 0. The van der Waals surface area contributed by atoms with E-state index in [0.29, 0.717) is 0 Å². The van der Waals surface area contributed by atoms with E-state index < -0.39 is 0 Å². The van der Waals surface area contributed by atoms with E-state index in [1.54, 1.807) is 11.1 Å². The van der Waals surface area contributed by atoms with Crippen molar-refractivity contribution in [3.63, 3.8) is 0 Å². The highest BCUT2D eigenvalue weighted by atomic mass is 14.2. The van der Waals surface area contributed by atoms with Gasteiger partial charge in [-0.1, -0.05) is 56.3 Å². The normalized spacial score (nSPS) is 13.8. The van der Waals surface area contributed by atoms with Crippen molar-refractivity contribution in [3.8, 4) is 11.1 Å². The molecule has 0 amide bonds. The molecule has 0 heterocycles. The van der Waals surface area contributed by atoms with Crippen molar-refractivity contribution in [1.82, 2.24) is 0 Å². The minimum Gasteiger partial charge on any atom is -0.0625 e. The molecule has 0 saturated heterocycles. The minimum atomic E-state index is 0.729. The summed E-state index contributed by atoms with van der Waals surface area (Å²) in [6, 6.07) is 16.0. The maximum absolute atomic E-state index is 2.30. The summed E-state index contributed by atoms with van der Waals surface area (Å²) in [5.74, 6) is 0.729. The van der Waals surface area contributed by atoms with Crippen molar-refractivity contribution >= 4 is 0 Å². The predicted molar refractivity (Wildman–Crippen MR) is 82.4 cm³/mol. The second-order valence-corrected chi connectivity index (χ2v) is 6.09. The fourth-order valence-corrected chi connectivity index (χ4v) is 3.18. The molecule has 0 nitrogen and oxygen atoms in total. The molecule has 0 heteroatoms. The summed E-state index contributed by atoms with van der Waals surface area (Å²) in [6.45, 7) is 4.55. The summed E-state index contributed by atoms with van der Waals surface area (Å²) in [7, 11) is 0. The van der Waals surface area contributed by atoms with Crippen LogP contribution < -0.4 is 0 Å². The van der Waals surface area contributed by atoms with E-state index in [1.807, 2.05) is 0 Å². The Labute approximate surface area is 116 Å². The van der Waals surface area contributed by atoms with Gasteiger partial charge in [-0.2, -0.15) is 0 Å². The smallest absolute Gasteiger partial charge is 0.0149 e. The number of aryl methyl sites for hydroxylation is 1. The van der Waals surface area contributed by atoms with Crippen LogP contribution >= 0.6 is 0 Å². The van der Waals surface area contributed by atoms with Gasteiger partial charge >= 0.3 is 0 Å². The zero-order chi connectivity index (χ0) is 13.2. The van der Waals surface area contributed by atoms with Gasteiger partial charge in [-0.25, -0.2) is 0 Å². The Bertz CT molecular complexity index is 561. The monoisotopic (exact) mass is 250 g/mol. The topological polar surface area (TPSA) is 0 Å². The van der Waals surface area contributed by atoms with E-state index in [9.17, 15) is 0 Å². The van der Waals surface area contributed by atoms with Crippen molar-refractivity contribution in [2.24, 2.45) is 5.92 Å². The first-order valence-corrected chi connectivity index (χ1v) is 7.44. The molecule has 0 aliphatic heterocycles. The van der Waals surface area contributed by atoms with Gasteiger partial charge in [0, 0.05) is 0 Å². The van der Waals surface area contributed by atoms with Crippen LogP contribution in [0, 0.1) is 5.92 Å². The lowest BCUT2D eigenvalue weighted by molar-refractivity contribution is 0.647. The summed E-state index contributed by atoms with van der Waals surface area (Å²) in [5.41, 5.74) is 7.42. The van der Waals surface area contributed by atoms with E-state index in [4.69, 9.17) is 0 Å². The van der Waals surface area contributed by atoms with Crippen LogP contribution in [0.4, 0.5) is 0 Å². The molecule has 0 radical (unpaired) electrons. The van der Waals surface area contributed by atoms with Gasteiger partial charge in [0.25, 0.3) is 0 Å². The third-order valence-electron chi connectivity index (χ3n) is 4.05. The van der Waals surface area contributed by atoms with E-state index in [-0.39, 0.29) is 0 Å². The Morgan fingerprint density at radius 3 is 2.47 bits per heavy atom. The Hall–Kier alpha value is -1.56. The quantitative estimate of drug-likeness (QED) is 0.716. The number of hydrogen-bond donors (Lipinski definition) is 0. The molecule has 0 spiro atoms. The predicted octanol–water partition coefficient (Wildman–Crippen LogP) is 5.04. The van der Waals surface area contributed by atoms with Crippen LogP contribution in [0.25, 0.3) is 11.1 Å².